The van der Waals surface area contributed by atoms with Crippen LogP contribution in [0.15, 0.2) is 48.5 Å². The Morgan fingerprint density at radius 2 is 1.64 bits per heavy atom. The summed E-state index contributed by atoms with van der Waals surface area (Å²) < 4.78 is 10.7. The molecule has 2 aromatic rings. The molecule has 0 aliphatic heterocycles. The van der Waals surface area contributed by atoms with Gasteiger partial charge in [-0.3, -0.25) is 9.59 Å². The molecule has 0 saturated heterocycles. The number of hydrogen-bond donors (Lipinski definition) is 1. The van der Waals surface area contributed by atoms with Crippen LogP contribution in [0.3, 0.4) is 0 Å². The maximum atomic E-state index is 13.3. The van der Waals surface area contributed by atoms with Crippen LogP contribution in [0.4, 0.5) is 0 Å². The van der Waals surface area contributed by atoms with E-state index >= 15 is 0 Å². The van der Waals surface area contributed by atoms with Crippen LogP contribution in [0.25, 0.3) is 0 Å². The van der Waals surface area contributed by atoms with Crippen LogP contribution in [0.5, 0.6) is 11.5 Å². The number of carbonyl (C=O) groups is 2. The van der Waals surface area contributed by atoms with Crippen molar-refractivity contribution in [1.82, 2.24) is 10.2 Å². The largest absolute Gasteiger partial charge is 0.493 e. The molecule has 0 aliphatic carbocycles. The van der Waals surface area contributed by atoms with E-state index in [1.54, 1.807) is 19.1 Å². The molecule has 0 heterocycles. The zero-order valence-electron chi connectivity index (χ0n) is 20.6. The lowest BCUT2D eigenvalue weighted by molar-refractivity contribution is -0.140. The summed E-state index contributed by atoms with van der Waals surface area (Å²) >= 11 is 0. The highest BCUT2D eigenvalue weighted by Crippen LogP contribution is 2.28. The topological polar surface area (TPSA) is 67.9 Å². The number of benzene rings is 2. The molecule has 0 bridgehead atoms. The monoisotopic (exact) mass is 454 g/mol. The zero-order chi connectivity index (χ0) is 24.2. The van der Waals surface area contributed by atoms with Crippen LogP contribution >= 0.6 is 0 Å². The van der Waals surface area contributed by atoms with E-state index < -0.39 is 6.04 Å². The molecule has 2 aromatic carbocycles. The number of aryl methyl sites for hydroxylation is 1. The van der Waals surface area contributed by atoms with Gasteiger partial charge in [0.2, 0.25) is 11.8 Å². The number of nitrogens with zero attached hydrogens (tertiary/aromatic N) is 1. The van der Waals surface area contributed by atoms with E-state index in [0.717, 1.165) is 11.1 Å². The fraction of sp³-hybridized carbons (Fsp3) is 0.481. The minimum Gasteiger partial charge on any atom is -0.493 e. The Kier molecular flexibility index (Phi) is 10.7. The van der Waals surface area contributed by atoms with Crippen LogP contribution < -0.4 is 14.8 Å². The Hall–Kier alpha value is -3.02. The minimum absolute atomic E-state index is 0.0211. The first-order chi connectivity index (χ1) is 15.9. The highest BCUT2D eigenvalue weighted by molar-refractivity contribution is 5.87. The van der Waals surface area contributed by atoms with Crippen molar-refractivity contribution in [2.75, 3.05) is 27.3 Å². The molecule has 0 unspecified atom stereocenters. The molecule has 1 N–H and O–H groups in total. The lowest BCUT2D eigenvalue weighted by atomic mass is 10.1. The van der Waals surface area contributed by atoms with Gasteiger partial charge in [-0.2, -0.15) is 0 Å². The average Bonchev–Trinajstić information content (AvgIpc) is 2.83. The third kappa shape index (κ3) is 8.12. The quantitative estimate of drug-likeness (QED) is 0.491. The lowest BCUT2D eigenvalue weighted by Crippen LogP contribution is -2.50. The van der Waals surface area contributed by atoms with Gasteiger partial charge < -0.3 is 19.7 Å². The first-order valence-electron chi connectivity index (χ1n) is 11.7. The number of carbonyl (C=O) groups excluding carboxylic acids is 2. The molecular weight excluding hydrogens is 416 g/mol. The van der Waals surface area contributed by atoms with Gasteiger partial charge in [0.15, 0.2) is 11.5 Å². The van der Waals surface area contributed by atoms with Crippen LogP contribution in [-0.4, -0.2) is 50.1 Å². The fourth-order valence-electron chi connectivity index (χ4n) is 3.75. The fourth-order valence-corrected chi connectivity index (χ4v) is 3.75. The smallest absolute Gasteiger partial charge is 0.242 e. The number of nitrogens with one attached hydrogen (secondary N) is 1. The van der Waals surface area contributed by atoms with Crippen molar-refractivity contribution in [2.45, 2.75) is 52.5 Å². The van der Waals surface area contributed by atoms with Gasteiger partial charge in [-0.05, 0) is 48.4 Å². The number of rotatable bonds is 13. The van der Waals surface area contributed by atoms with Crippen molar-refractivity contribution in [1.29, 1.82) is 0 Å². The molecule has 2 amide bonds. The highest BCUT2D eigenvalue weighted by atomic mass is 16.5. The van der Waals surface area contributed by atoms with Crippen molar-refractivity contribution >= 4 is 11.8 Å². The van der Waals surface area contributed by atoms with Crippen molar-refractivity contribution in [3.05, 3.63) is 59.7 Å². The molecule has 180 valence electrons. The summed E-state index contributed by atoms with van der Waals surface area (Å²) in [6.07, 6.45) is 2.15. The predicted molar refractivity (Wildman–Crippen MR) is 132 cm³/mol. The second-order valence-corrected chi connectivity index (χ2v) is 8.58. The van der Waals surface area contributed by atoms with Crippen LogP contribution in [0.2, 0.25) is 0 Å². The standard InChI is InChI=1S/C27H38N2O4/c1-6-23(27(31)28-19-20(2)3)29(17-16-21-10-8-7-9-11-21)26(30)15-13-22-12-14-24(32-4)25(18-22)33-5/h7-12,14,18,20,23H,6,13,15-17,19H2,1-5H3,(H,28,31)/t23-/m1/s1. The first kappa shape index (κ1) is 26.2. The second-order valence-electron chi connectivity index (χ2n) is 8.58. The lowest BCUT2D eigenvalue weighted by Gasteiger charge is -2.31. The van der Waals surface area contributed by atoms with Crippen molar-refractivity contribution in [2.24, 2.45) is 5.92 Å². The Morgan fingerprint density at radius 3 is 2.24 bits per heavy atom. The maximum Gasteiger partial charge on any atom is 0.242 e. The van der Waals surface area contributed by atoms with Crippen molar-refractivity contribution in [3.63, 3.8) is 0 Å². The van der Waals surface area contributed by atoms with Crippen LogP contribution in [0, 0.1) is 5.92 Å². The molecule has 0 saturated carbocycles. The third-order valence-electron chi connectivity index (χ3n) is 5.63. The summed E-state index contributed by atoms with van der Waals surface area (Å²) in [5.74, 6) is 1.55. The number of hydrogen-bond acceptors (Lipinski definition) is 4. The van der Waals surface area contributed by atoms with Gasteiger partial charge in [0, 0.05) is 19.5 Å². The van der Waals surface area contributed by atoms with E-state index in [4.69, 9.17) is 9.47 Å². The minimum atomic E-state index is -0.481. The summed E-state index contributed by atoms with van der Waals surface area (Å²) in [5.41, 5.74) is 2.13. The molecule has 6 heteroatoms. The molecule has 0 aromatic heterocycles. The molecule has 2 rings (SSSR count). The molecule has 0 radical (unpaired) electrons. The van der Waals surface area contributed by atoms with Crippen LogP contribution in [-0.2, 0) is 22.4 Å². The molecular formula is C27H38N2O4. The highest BCUT2D eigenvalue weighted by Gasteiger charge is 2.28. The van der Waals surface area contributed by atoms with E-state index in [1.165, 1.54) is 0 Å². The maximum absolute atomic E-state index is 13.3. The van der Waals surface area contributed by atoms with Crippen molar-refractivity contribution in [3.8, 4) is 11.5 Å². The van der Waals surface area contributed by atoms with Gasteiger partial charge in [0.1, 0.15) is 6.04 Å². The van der Waals surface area contributed by atoms with Gasteiger partial charge in [-0.15, -0.1) is 0 Å². The van der Waals surface area contributed by atoms with Crippen molar-refractivity contribution < 1.29 is 19.1 Å². The van der Waals surface area contributed by atoms with E-state index in [0.29, 0.717) is 56.2 Å². The Bertz CT molecular complexity index is 883. The average molecular weight is 455 g/mol. The molecule has 0 spiro atoms. The van der Waals surface area contributed by atoms with E-state index in [2.05, 4.69) is 19.2 Å². The summed E-state index contributed by atoms with van der Waals surface area (Å²) in [7, 11) is 3.20. The number of amides is 2. The van der Waals surface area contributed by atoms with E-state index in [-0.39, 0.29) is 11.8 Å². The molecule has 0 aliphatic rings. The SMILES string of the molecule is CC[C@H](C(=O)NCC(C)C)N(CCc1ccccc1)C(=O)CCc1ccc(OC)c(OC)c1. The van der Waals surface area contributed by atoms with Gasteiger partial charge in [0.25, 0.3) is 0 Å². The Labute approximate surface area is 198 Å². The first-order valence-corrected chi connectivity index (χ1v) is 11.7. The molecule has 6 nitrogen and oxygen atoms in total. The molecule has 33 heavy (non-hydrogen) atoms. The zero-order valence-corrected chi connectivity index (χ0v) is 20.6. The molecule has 1 atom stereocenters. The van der Waals surface area contributed by atoms with Gasteiger partial charge in [-0.1, -0.05) is 57.2 Å². The number of methoxy groups -OCH3 is 2. The predicted octanol–water partition coefficient (Wildman–Crippen LogP) is 4.26. The Balaban J connectivity index is 2.14. The number of ether oxygens (including phenoxy) is 2. The summed E-state index contributed by atoms with van der Waals surface area (Å²) in [6, 6.07) is 15.3. The van der Waals surface area contributed by atoms with Gasteiger partial charge >= 0.3 is 0 Å². The third-order valence-corrected chi connectivity index (χ3v) is 5.63. The normalized spacial score (nSPS) is 11.7. The Morgan fingerprint density at radius 1 is 0.939 bits per heavy atom. The summed E-state index contributed by atoms with van der Waals surface area (Å²) in [4.78, 5) is 28.0. The summed E-state index contributed by atoms with van der Waals surface area (Å²) in [5, 5.41) is 3.00. The van der Waals surface area contributed by atoms with Gasteiger partial charge in [-0.25, -0.2) is 0 Å². The van der Waals surface area contributed by atoms with Gasteiger partial charge in [0.05, 0.1) is 14.2 Å². The van der Waals surface area contributed by atoms with E-state index in [1.807, 2.05) is 55.5 Å². The molecule has 0 fully saturated rings. The summed E-state index contributed by atoms with van der Waals surface area (Å²) in [6.45, 7) is 7.17. The van der Waals surface area contributed by atoms with Crippen LogP contribution in [0.1, 0.15) is 44.7 Å². The second kappa shape index (κ2) is 13.5. The van der Waals surface area contributed by atoms with E-state index in [9.17, 15) is 9.59 Å².